The van der Waals surface area contributed by atoms with Crippen molar-refractivity contribution in [3.8, 4) is 6.07 Å². The maximum Gasteiger partial charge on any atom is 0.418 e. The van der Waals surface area contributed by atoms with Crippen LogP contribution in [0.25, 0.3) is 0 Å². The first kappa shape index (κ1) is 19.8. The first-order chi connectivity index (χ1) is 11.4. The fourth-order valence-electron chi connectivity index (χ4n) is 3.19. The molecular weight excluding hydrogens is 345 g/mol. The molecule has 2 nitrogen and oxygen atoms in total. The third kappa shape index (κ3) is 4.38. The second kappa shape index (κ2) is 7.03. The first-order valence-electron chi connectivity index (χ1n) is 8.25. The summed E-state index contributed by atoms with van der Waals surface area (Å²) in [4.78, 5) is 4.45. The molecule has 1 aromatic heterocycles. The summed E-state index contributed by atoms with van der Waals surface area (Å²) >= 11 is 1.16. The quantitative estimate of drug-likeness (QED) is 0.500. The molecule has 6 heteroatoms. The highest BCUT2D eigenvalue weighted by molar-refractivity contribution is 7.99. The van der Waals surface area contributed by atoms with Crippen LogP contribution in [-0.2, 0) is 19.0 Å². The van der Waals surface area contributed by atoms with Gasteiger partial charge in [-0.25, -0.2) is 4.98 Å². The van der Waals surface area contributed by atoms with Gasteiger partial charge in [0.05, 0.1) is 11.1 Å². The van der Waals surface area contributed by atoms with E-state index in [2.05, 4.69) is 11.6 Å². The van der Waals surface area contributed by atoms with Gasteiger partial charge in [0, 0.05) is 11.4 Å². The van der Waals surface area contributed by atoms with Gasteiger partial charge in [-0.1, -0.05) is 32.9 Å². The molecule has 0 N–H and O–H groups in total. The topological polar surface area (TPSA) is 36.7 Å². The van der Waals surface area contributed by atoms with Crippen molar-refractivity contribution in [2.24, 2.45) is 11.3 Å². The van der Waals surface area contributed by atoms with E-state index in [-0.39, 0.29) is 27.5 Å². The molecule has 1 aliphatic carbocycles. The Bertz CT molecular complexity index is 724. The van der Waals surface area contributed by atoms with Crippen molar-refractivity contribution in [1.29, 1.82) is 5.26 Å². The van der Waals surface area contributed by atoms with Crippen LogP contribution in [0.4, 0.5) is 13.2 Å². The lowest BCUT2D eigenvalue weighted by Gasteiger charge is -2.36. The van der Waals surface area contributed by atoms with E-state index in [4.69, 9.17) is 0 Å². The molecular formula is C19H23F3N2S. The van der Waals surface area contributed by atoms with Crippen molar-refractivity contribution in [3.05, 3.63) is 34.5 Å². The molecule has 0 aromatic carbocycles. The van der Waals surface area contributed by atoms with Gasteiger partial charge in [-0.05, 0) is 43.1 Å². The highest BCUT2D eigenvalue weighted by Crippen LogP contribution is 2.45. The summed E-state index contributed by atoms with van der Waals surface area (Å²) in [7, 11) is 0. The summed E-state index contributed by atoms with van der Waals surface area (Å²) in [6, 6.07) is 1.77. The van der Waals surface area contributed by atoms with Crippen LogP contribution in [-0.4, -0.2) is 10.7 Å². The predicted molar refractivity (Wildman–Crippen MR) is 94.5 cm³/mol. The van der Waals surface area contributed by atoms with Gasteiger partial charge in [-0.2, -0.15) is 18.4 Å². The summed E-state index contributed by atoms with van der Waals surface area (Å²) in [6.07, 6.45) is -2.90. The minimum atomic E-state index is -4.56. The molecule has 1 atom stereocenters. The number of aromatic nitrogens is 1. The first-order valence-corrected chi connectivity index (χ1v) is 9.24. The number of nitrogens with zero attached hydrogens (tertiary/aromatic N) is 2. The molecule has 1 aliphatic rings. The van der Waals surface area contributed by atoms with Crippen LogP contribution in [0.2, 0.25) is 0 Å². The van der Waals surface area contributed by atoms with Crippen molar-refractivity contribution in [2.45, 2.75) is 58.2 Å². The smallest absolute Gasteiger partial charge is 0.245 e. The zero-order valence-corrected chi connectivity index (χ0v) is 15.9. The fourth-order valence-corrected chi connectivity index (χ4v) is 4.04. The van der Waals surface area contributed by atoms with Gasteiger partial charge in [-0.15, -0.1) is 11.8 Å². The maximum absolute atomic E-state index is 13.8. The average molecular weight is 368 g/mol. The Morgan fingerprint density at radius 2 is 2.00 bits per heavy atom. The third-order valence-corrected chi connectivity index (χ3v) is 5.81. The zero-order chi connectivity index (χ0) is 19.0. The van der Waals surface area contributed by atoms with Gasteiger partial charge in [0.2, 0.25) is 0 Å². The van der Waals surface area contributed by atoms with Crippen LogP contribution in [0.3, 0.4) is 0 Å². The number of hydrogen-bond acceptors (Lipinski definition) is 3. The van der Waals surface area contributed by atoms with Crippen molar-refractivity contribution in [1.82, 2.24) is 4.98 Å². The highest BCUT2D eigenvalue weighted by Gasteiger charge is 2.42. The molecule has 2 rings (SSSR count). The highest BCUT2D eigenvalue weighted by atomic mass is 32.2. The monoisotopic (exact) mass is 368 g/mol. The Hall–Kier alpha value is -1.48. The van der Waals surface area contributed by atoms with Crippen LogP contribution in [0, 0.1) is 22.7 Å². The summed E-state index contributed by atoms with van der Waals surface area (Å²) in [6.45, 7) is 11.7. The van der Waals surface area contributed by atoms with Crippen LogP contribution >= 0.6 is 11.8 Å². The number of pyridine rings is 1. The molecule has 0 spiro atoms. The molecule has 0 radical (unpaired) electrons. The number of rotatable bonds is 3. The van der Waals surface area contributed by atoms with E-state index in [9.17, 15) is 18.4 Å². The number of fused-ring (bicyclic) bond motifs is 1. The SMILES string of the molecule is C=C(C)CSc1nc2c(c(C(F)(F)F)c1C#N)CC(C(C)(C)C)CC2. The fraction of sp³-hybridized carbons (Fsp3) is 0.579. The molecule has 1 aromatic rings. The molecule has 0 amide bonds. The van der Waals surface area contributed by atoms with Gasteiger partial charge in [0.25, 0.3) is 0 Å². The summed E-state index contributed by atoms with van der Waals surface area (Å²) in [5.41, 5.74) is 0.340. The van der Waals surface area contributed by atoms with Gasteiger partial charge >= 0.3 is 6.18 Å². The molecule has 0 saturated carbocycles. The van der Waals surface area contributed by atoms with E-state index in [0.717, 1.165) is 23.8 Å². The molecule has 0 saturated heterocycles. The largest absolute Gasteiger partial charge is 0.418 e. The second-order valence-electron chi connectivity index (χ2n) is 7.75. The summed E-state index contributed by atoms with van der Waals surface area (Å²) in [5, 5.41) is 9.60. The average Bonchev–Trinajstić information content (AvgIpc) is 2.48. The van der Waals surface area contributed by atoms with Crippen LogP contribution in [0.5, 0.6) is 0 Å². The van der Waals surface area contributed by atoms with Gasteiger partial charge < -0.3 is 0 Å². The summed E-state index contributed by atoms with van der Waals surface area (Å²) < 4.78 is 41.5. The lowest BCUT2D eigenvalue weighted by molar-refractivity contribution is -0.139. The van der Waals surface area contributed by atoms with E-state index in [1.165, 1.54) is 0 Å². The predicted octanol–water partition coefficient (Wildman–Crippen LogP) is 5.79. The van der Waals surface area contributed by atoms with Crippen LogP contribution < -0.4 is 0 Å². The van der Waals surface area contributed by atoms with E-state index >= 15 is 0 Å². The van der Waals surface area contributed by atoms with Crippen LogP contribution in [0.15, 0.2) is 17.2 Å². The lowest BCUT2D eigenvalue weighted by Crippen LogP contribution is -2.30. The Kier molecular flexibility index (Phi) is 5.58. The van der Waals surface area contributed by atoms with E-state index < -0.39 is 11.7 Å². The normalized spacial score (nSPS) is 17.8. The second-order valence-corrected chi connectivity index (χ2v) is 8.72. The number of nitriles is 1. The van der Waals surface area contributed by atoms with Crippen molar-refractivity contribution in [3.63, 3.8) is 0 Å². The zero-order valence-electron chi connectivity index (χ0n) is 15.0. The Labute approximate surface area is 151 Å². The molecule has 1 heterocycles. The third-order valence-electron chi connectivity index (χ3n) is 4.61. The molecule has 0 aliphatic heterocycles. The van der Waals surface area contributed by atoms with Gasteiger partial charge in [0.15, 0.2) is 0 Å². The van der Waals surface area contributed by atoms with Gasteiger partial charge in [-0.3, -0.25) is 0 Å². The van der Waals surface area contributed by atoms with Gasteiger partial charge in [0.1, 0.15) is 11.1 Å². The maximum atomic E-state index is 13.8. The Morgan fingerprint density at radius 3 is 2.48 bits per heavy atom. The van der Waals surface area contributed by atoms with Crippen molar-refractivity contribution >= 4 is 11.8 Å². The van der Waals surface area contributed by atoms with E-state index in [1.54, 1.807) is 13.0 Å². The molecule has 0 fully saturated rings. The van der Waals surface area contributed by atoms with Crippen molar-refractivity contribution in [2.75, 3.05) is 5.75 Å². The van der Waals surface area contributed by atoms with E-state index in [1.807, 2.05) is 20.8 Å². The molecule has 25 heavy (non-hydrogen) atoms. The van der Waals surface area contributed by atoms with E-state index in [0.29, 0.717) is 24.3 Å². The molecule has 1 unspecified atom stereocenters. The number of halogens is 3. The summed E-state index contributed by atoms with van der Waals surface area (Å²) in [5.74, 6) is 0.589. The minimum Gasteiger partial charge on any atom is -0.245 e. The number of thioether (sulfide) groups is 1. The Balaban J connectivity index is 2.62. The molecule has 136 valence electrons. The standard InChI is InChI=1S/C19H23F3N2S/c1-11(2)10-25-17-14(9-23)16(19(20,21)22)13-8-12(18(3,4)5)6-7-15(13)24-17/h12H,1,6-8,10H2,2-5H3. The Morgan fingerprint density at radius 1 is 1.36 bits per heavy atom. The van der Waals surface area contributed by atoms with Crippen LogP contribution in [0.1, 0.15) is 56.5 Å². The number of aryl methyl sites for hydroxylation is 1. The van der Waals surface area contributed by atoms with Crippen molar-refractivity contribution < 1.29 is 13.2 Å². The molecule has 0 bridgehead atoms. The lowest BCUT2D eigenvalue weighted by atomic mass is 9.70. The number of hydrogen-bond donors (Lipinski definition) is 0. The number of alkyl halides is 3. The minimum absolute atomic E-state index is 0.0826.